The first-order valence-electron chi connectivity index (χ1n) is 4.96. The summed E-state index contributed by atoms with van der Waals surface area (Å²) in [5.74, 6) is 0.626. The molecular formula is C12H19N. The van der Waals surface area contributed by atoms with Crippen molar-refractivity contribution >= 4 is 5.69 Å². The van der Waals surface area contributed by atoms with E-state index >= 15 is 0 Å². The number of anilines is 1. The molecule has 0 aliphatic rings. The average Bonchev–Trinajstić information content (AvgIpc) is 2.17. The molecule has 0 amide bonds. The van der Waals surface area contributed by atoms with Gasteiger partial charge < -0.3 is 4.90 Å². The van der Waals surface area contributed by atoms with Crippen LogP contribution in [0.25, 0.3) is 0 Å². The van der Waals surface area contributed by atoms with Crippen LogP contribution in [0.15, 0.2) is 24.3 Å². The van der Waals surface area contributed by atoms with Crippen molar-refractivity contribution in [3.63, 3.8) is 0 Å². The summed E-state index contributed by atoms with van der Waals surface area (Å²) in [6.45, 7) is 7.66. The minimum atomic E-state index is 0.626. The van der Waals surface area contributed by atoms with Crippen molar-refractivity contribution in [2.45, 2.75) is 26.7 Å². The van der Waals surface area contributed by atoms with Gasteiger partial charge in [0, 0.05) is 19.3 Å². The van der Waals surface area contributed by atoms with Gasteiger partial charge in [0.15, 0.2) is 0 Å². The van der Waals surface area contributed by atoms with Gasteiger partial charge in [-0.15, -0.1) is 0 Å². The van der Waals surface area contributed by atoms with E-state index in [2.05, 4.69) is 57.0 Å². The Balaban J connectivity index is 2.81. The lowest BCUT2D eigenvalue weighted by Crippen LogP contribution is -2.15. The number of benzene rings is 1. The maximum Gasteiger partial charge on any atom is 0.0363 e. The largest absolute Gasteiger partial charge is 0.375 e. The first-order chi connectivity index (χ1) is 6.15. The smallest absolute Gasteiger partial charge is 0.0363 e. The van der Waals surface area contributed by atoms with Crippen LogP contribution in [0.2, 0.25) is 0 Å². The van der Waals surface area contributed by atoms with Gasteiger partial charge in [-0.2, -0.15) is 0 Å². The van der Waals surface area contributed by atoms with Crippen LogP contribution in [0.5, 0.6) is 0 Å². The molecule has 0 bridgehead atoms. The van der Waals surface area contributed by atoms with Crippen molar-refractivity contribution in [2.75, 3.05) is 18.5 Å². The van der Waals surface area contributed by atoms with E-state index < -0.39 is 0 Å². The number of hydrogen-bond donors (Lipinski definition) is 0. The quantitative estimate of drug-likeness (QED) is 0.685. The lowest BCUT2D eigenvalue weighted by atomic mass is 10.0. The Hall–Kier alpha value is -0.980. The average molecular weight is 177 g/mol. The molecule has 1 nitrogen and oxygen atoms in total. The molecule has 1 rings (SSSR count). The summed E-state index contributed by atoms with van der Waals surface area (Å²) in [5, 5.41) is 0. The van der Waals surface area contributed by atoms with Crippen LogP contribution in [-0.2, 0) is 0 Å². The topological polar surface area (TPSA) is 3.24 Å². The molecule has 1 aromatic carbocycles. The van der Waals surface area contributed by atoms with E-state index in [4.69, 9.17) is 0 Å². The van der Waals surface area contributed by atoms with E-state index in [1.165, 1.54) is 11.3 Å². The van der Waals surface area contributed by atoms with E-state index in [0.29, 0.717) is 5.92 Å². The molecule has 0 N–H and O–H groups in total. The lowest BCUT2D eigenvalue weighted by molar-refractivity contribution is 0.865. The van der Waals surface area contributed by atoms with E-state index in [1.807, 2.05) is 0 Å². The highest BCUT2D eigenvalue weighted by Gasteiger charge is 2.00. The van der Waals surface area contributed by atoms with Crippen LogP contribution in [0, 0.1) is 0 Å². The third-order valence-corrected chi connectivity index (χ3v) is 2.47. The van der Waals surface area contributed by atoms with E-state index in [9.17, 15) is 0 Å². The standard InChI is InChI=1S/C12H19N/c1-5-13(4)12-8-6-11(7-9-12)10(2)3/h6-10H,5H2,1-4H3. The molecule has 0 heterocycles. The van der Waals surface area contributed by atoms with Gasteiger partial charge in [-0.05, 0) is 30.5 Å². The Morgan fingerprint density at radius 1 is 1.15 bits per heavy atom. The van der Waals surface area contributed by atoms with Crippen LogP contribution in [0.4, 0.5) is 5.69 Å². The predicted octanol–water partition coefficient (Wildman–Crippen LogP) is 3.27. The zero-order valence-electron chi connectivity index (χ0n) is 9.04. The summed E-state index contributed by atoms with van der Waals surface area (Å²) in [6, 6.07) is 8.82. The summed E-state index contributed by atoms with van der Waals surface area (Å²) < 4.78 is 0. The Labute approximate surface area is 81.4 Å². The minimum absolute atomic E-state index is 0.626. The molecule has 0 fully saturated rings. The van der Waals surface area contributed by atoms with Crippen molar-refractivity contribution < 1.29 is 0 Å². The van der Waals surface area contributed by atoms with E-state index in [1.54, 1.807) is 0 Å². The lowest BCUT2D eigenvalue weighted by Gasteiger charge is -2.17. The first kappa shape index (κ1) is 10.1. The molecule has 0 aromatic heterocycles. The molecule has 0 spiro atoms. The highest BCUT2D eigenvalue weighted by Crippen LogP contribution is 2.18. The van der Waals surface area contributed by atoms with Gasteiger partial charge >= 0.3 is 0 Å². The predicted molar refractivity (Wildman–Crippen MR) is 59.5 cm³/mol. The minimum Gasteiger partial charge on any atom is -0.375 e. The molecule has 0 unspecified atom stereocenters. The molecule has 0 saturated carbocycles. The van der Waals surface area contributed by atoms with Gasteiger partial charge in [-0.3, -0.25) is 0 Å². The Morgan fingerprint density at radius 3 is 2.08 bits per heavy atom. The van der Waals surface area contributed by atoms with Crippen LogP contribution >= 0.6 is 0 Å². The van der Waals surface area contributed by atoms with Crippen molar-refractivity contribution in [1.29, 1.82) is 0 Å². The molecule has 0 atom stereocenters. The fourth-order valence-electron chi connectivity index (χ4n) is 1.30. The van der Waals surface area contributed by atoms with Gasteiger partial charge in [0.2, 0.25) is 0 Å². The zero-order valence-corrected chi connectivity index (χ0v) is 9.04. The summed E-state index contributed by atoms with van der Waals surface area (Å²) in [6.07, 6.45) is 0. The van der Waals surface area contributed by atoms with Gasteiger partial charge in [0.05, 0.1) is 0 Å². The Morgan fingerprint density at radius 2 is 1.69 bits per heavy atom. The van der Waals surface area contributed by atoms with Gasteiger partial charge in [-0.25, -0.2) is 0 Å². The summed E-state index contributed by atoms with van der Waals surface area (Å²) in [7, 11) is 2.12. The second-order valence-electron chi connectivity index (χ2n) is 3.76. The molecule has 0 radical (unpaired) electrons. The van der Waals surface area contributed by atoms with E-state index in [-0.39, 0.29) is 0 Å². The maximum absolute atomic E-state index is 2.24. The van der Waals surface area contributed by atoms with Crippen molar-refractivity contribution in [1.82, 2.24) is 0 Å². The van der Waals surface area contributed by atoms with Crippen LogP contribution < -0.4 is 4.90 Å². The monoisotopic (exact) mass is 177 g/mol. The fraction of sp³-hybridized carbons (Fsp3) is 0.500. The maximum atomic E-state index is 2.24. The van der Waals surface area contributed by atoms with Crippen molar-refractivity contribution in [2.24, 2.45) is 0 Å². The Kier molecular flexibility index (Phi) is 3.35. The van der Waals surface area contributed by atoms with Crippen LogP contribution in [0.3, 0.4) is 0 Å². The second-order valence-corrected chi connectivity index (χ2v) is 3.76. The van der Waals surface area contributed by atoms with Gasteiger partial charge in [-0.1, -0.05) is 26.0 Å². The SMILES string of the molecule is CCN(C)c1ccc(C(C)C)cc1. The number of nitrogens with zero attached hydrogens (tertiary/aromatic N) is 1. The molecule has 13 heavy (non-hydrogen) atoms. The van der Waals surface area contributed by atoms with Crippen LogP contribution in [0.1, 0.15) is 32.3 Å². The van der Waals surface area contributed by atoms with Crippen molar-refractivity contribution in [3.8, 4) is 0 Å². The molecule has 0 aliphatic carbocycles. The molecular weight excluding hydrogens is 158 g/mol. The molecule has 1 heteroatoms. The number of hydrogen-bond acceptors (Lipinski definition) is 1. The Bertz CT molecular complexity index is 248. The highest BCUT2D eigenvalue weighted by atomic mass is 15.1. The summed E-state index contributed by atoms with van der Waals surface area (Å²) in [4.78, 5) is 2.24. The third kappa shape index (κ3) is 2.48. The molecule has 1 aromatic rings. The first-order valence-corrected chi connectivity index (χ1v) is 4.96. The van der Waals surface area contributed by atoms with Crippen LogP contribution in [-0.4, -0.2) is 13.6 Å². The van der Waals surface area contributed by atoms with E-state index in [0.717, 1.165) is 6.54 Å². The van der Waals surface area contributed by atoms with Gasteiger partial charge in [0.25, 0.3) is 0 Å². The zero-order chi connectivity index (χ0) is 9.84. The molecule has 72 valence electrons. The normalized spacial score (nSPS) is 10.5. The van der Waals surface area contributed by atoms with Crippen molar-refractivity contribution in [3.05, 3.63) is 29.8 Å². The summed E-state index contributed by atoms with van der Waals surface area (Å²) >= 11 is 0. The second kappa shape index (κ2) is 4.31. The number of rotatable bonds is 3. The van der Waals surface area contributed by atoms with Gasteiger partial charge in [0.1, 0.15) is 0 Å². The third-order valence-electron chi connectivity index (χ3n) is 2.47. The fourth-order valence-corrected chi connectivity index (χ4v) is 1.30. The molecule has 0 aliphatic heterocycles. The molecule has 0 saturated heterocycles. The highest BCUT2D eigenvalue weighted by molar-refractivity contribution is 5.47. The summed E-state index contributed by atoms with van der Waals surface area (Å²) in [5.41, 5.74) is 2.71.